The fourth-order valence-electron chi connectivity index (χ4n) is 5.08. The van der Waals surface area contributed by atoms with Crippen LogP contribution in [0.15, 0.2) is 85.1 Å². The molecule has 2 heteroatoms. The van der Waals surface area contributed by atoms with Crippen LogP contribution in [0.2, 0.25) is 0 Å². The molecule has 147 valence electrons. The molecule has 0 aliphatic heterocycles. The van der Waals surface area contributed by atoms with Crippen molar-refractivity contribution in [3.8, 4) is 22.4 Å². The van der Waals surface area contributed by atoms with Gasteiger partial charge >= 0.3 is 0 Å². The zero-order valence-corrected chi connectivity index (χ0v) is 19.3. The first-order valence-electron chi connectivity index (χ1n) is 10.1. The van der Waals surface area contributed by atoms with Gasteiger partial charge in [-0.3, -0.25) is 0 Å². The van der Waals surface area contributed by atoms with Crippen molar-refractivity contribution in [3.05, 3.63) is 102 Å². The Kier molecular flexibility index (Phi) is 4.39. The molecule has 30 heavy (non-hydrogen) atoms. The molecule has 4 aromatic carbocycles. The topological polar surface area (TPSA) is 12.9 Å². The summed E-state index contributed by atoms with van der Waals surface area (Å²) in [6.45, 7) is 4.66. The van der Waals surface area contributed by atoms with Gasteiger partial charge in [0, 0.05) is 31.7 Å². The van der Waals surface area contributed by atoms with Crippen molar-refractivity contribution in [1.29, 1.82) is 0 Å². The molecule has 1 aliphatic rings. The molecule has 0 fully saturated rings. The molecule has 1 aromatic heterocycles. The van der Waals surface area contributed by atoms with Gasteiger partial charge in [-0.15, -0.1) is 29.1 Å². The van der Waals surface area contributed by atoms with Crippen LogP contribution in [0.4, 0.5) is 0 Å². The number of nitrogens with zero attached hydrogens (tertiary/aromatic N) is 1. The molecule has 0 N–H and O–H groups in total. The molecule has 0 amide bonds. The fraction of sp³-hybridized carbons (Fsp3) is 0.107. The van der Waals surface area contributed by atoms with Gasteiger partial charge in [-0.1, -0.05) is 79.9 Å². The predicted octanol–water partition coefficient (Wildman–Crippen LogP) is 7.16. The van der Waals surface area contributed by atoms with E-state index in [4.69, 9.17) is 4.98 Å². The van der Waals surface area contributed by atoms with E-state index in [1.807, 2.05) is 6.20 Å². The molecular weight excluding hydrogens is 543 g/mol. The number of hydrogen-bond acceptors (Lipinski definition) is 1. The van der Waals surface area contributed by atoms with Gasteiger partial charge in [-0.05, 0) is 44.8 Å². The molecule has 0 unspecified atom stereocenters. The van der Waals surface area contributed by atoms with E-state index in [1.54, 1.807) is 0 Å². The summed E-state index contributed by atoms with van der Waals surface area (Å²) in [6, 6.07) is 31.6. The first kappa shape index (κ1) is 19.2. The Morgan fingerprint density at radius 2 is 1.43 bits per heavy atom. The minimum atomic E-state index is -0.130. The third-order valence-electron chi connectivity index (χ3n) is 6.35. The summed E-state index contributed by atoms with van der Waals surface area (Å²) in [5.74, 6) is 0. The van der Waals surface area contributed by atoms with Crippen LogP contribution in [-0.4, -0.2) is 4.98 Å². The Hall–Kier alpha value is -2.80. The average Bonchev–Trinajstić information content (AvgIpc) is 3.01. The van der Waals surface area contributed by atoms with Gasteiger partial charge in [-0.25, -0.2) is 0 Å². The molecule has 1 aliphatic carbocycles. The maximum Gasteiger partial charge on any atom is 0.0167 e. The molecule has 0 spiro atoms. The second kappa shape index (κ2) is 6.87. The maximum atomic E-state index is 4.85. The van der Waals surface area contributed by atoms with Crippen molar-refractivity contribution in [2.24, 2.45) is 0 Å². The second-order valence-corrected chi connectivity index (χ2v) is 8.39. The van der Waals surface area contributed by atoms with E-state index < -0.39 is 0 Å². The van der Waals surface area contributed by atoms with Crippen molar-refractivity contribution in [1.82, 2.24) is 4.98 Å². The van der Waals surface area contributed by atoms with Gasteiger partial charge in [0.2, 0.25) is 0 Å². The van der Waals surface area contributed by atoms with Crippen LogP contribution in [0, 0.1) is 6.07 Å². The zero-order chi connectivity index (χ0) is 19.6. The Morgan fingerprint density at radius 3 is 2.27 bits per heavy atom. The number of aromatic nitrogens is 1. The van der Waals surface area contributed by atoms with Crippen molar-refractivity contribution in [2.75, 3.05) is 0 Å². The van der Waals surface area contributed by atoms with Crippen molar-refractivity contribution in [2.45, 2.75) is 19.3 Å². The molecule has 1 nitrogen and oxygen atoms in total. The standard InChI is InChI=1S/C28H20N.Ir/c1-28(2)25-22-10-6-5-8-19(22)13-14-23(25)24-15-16-29-27(26(24)28)21-12-11-18-7-3-4-9-20(18)17-21;/h3-11,13-17H,1-2H3;/q-1;. The molecule has 0 bridgehead atoms. The summed E-state index contributed by atoms with van der Waals surface area (Å²) < 4.78 is 0. The molecular formula is C28H20IrN-. The summed E-state index contributed by atoms with van der Waals surface area (Å²) in [7, 11) is 0. The molecule has 0 saturated carbocycles. The number of benzene rings is 4. The molecule has 0 atom stereocenters. The monoisotopic (exact) mass is 563 g/mol. The maximum absolute atomic E-state index is 4.85. The Morgan fingerprint density at radius 1 is 0.733 bits per heavy atom. The summed E-state index contributed by atoms with van der Waals surface area (Å²) in [6.07, 6.45) is 1.94. The Labute approximate surface area is 190 Å². The summed E-state index contributed by atoms with van der Waals surface area (Å²) in [4.78, 5) is 4.85. The molecule has 1 radical (unpaired) electrons. The number of hydrogen-bond donors (Lipinski definition) is 0. The third-order valence-corrected chi connectivity index (χ3v) is 6.35. The van der Waals surface area contributed by atoms with Crippen molar-refractivity contribution >= 4 is 21.5 Å². The third kappa shape index (κ3) is 2.61. The van der Waals surface area contributed by atoms with E-state index in [9.17, 15) is 0 Å². The van der Waals surface area contributed by atoms with E-state index >= 15 is 0 Å². The number of rotatable bonds is 1. The van der Waals surface area contributed by atoms with Crippen LogP contribution in [-0.2, 0) is 25.5 Å². The minimum Gasteiger partial charge on any atom is -0.304 e. The fourth-order valence-corrected chi connectivity index (χ4v) is 5.08. The smallest absolute Gasteiger partial charge is 0.0167 e. The van der Waals surface area contributed by atoms with E-state index in [0.29, 0.717) is 0 Å². The predicted molar refractivity (Wildman–Crippen MR) is 121 cm³/mol. The van der Waals surface area contributed by atoms with Crippen LogP contribution in [0.25, 0.3) is 43.9 Å². The normalized spacial score (nSPS) is 13.7. The number of fused-ring (bicyclic) bond motifs is 6. The summed E-state index contributed by atoms with van der Waals surface area (Å²) >= 11 is 0. The van der Waals surface area contributed by atoms with E-state index in [1.165, 1.54) is 43.8 Å². The van der Waals surface area contributed by atoms with Crippen molar-refractivity contribution < 1.29 is 20.1 Å². The van der Waals surface area contributed by atoms with Gasteiger partial charge in [0.15, 0.2) is 0 Å². The summed E-state index contributed by atoms with van der Waals surface area (Å²) in [5, 5.41) is 5.05. The summed E-state index contributed by atoms with van der Waals surface area (Å²) in [5.41, 5.74) is 7.30. The number of pyridine rings is 1. The molecule has 6 rings (SSSR count). The van der Waals surface area contributed by atoms with E-state index in [2.05, 4.69) is 98.8 Å². The van der Waals surface area contributed by atoms with Gasteiger partial charge < -0.3 is 4.98 Å². The zero-order valence-electron chi connectivity index (χ0n) is 16.9. The van der Waals surface area contributed by atoms with Crippen molar-refractivity contribution in [3.63, 3.8) is 0 Å². The van der Waals surface area contributed by atoms with Gasteiger partial charge in [0.1, 0.15) is 0 Å². The van der Waals surface area contributed by atoms with Gasteiger partial charge in [-0.2, -0.15) is 0 Å². The first-order chi connectivity index (χ1) is 14.1. The molecule has 5 aromatic rings. The van der Waals surface area contributed by atoms with Crippen LogP contribution in [0.1, 0.15) is 25.0 Å². The quantitative estimate of drug-likeness (QED) is 0.198. The van der Waals surface area contributed by atoms with Crippen LogP contribution in [0.5, 0.6) is 0 Å². The second-order valence-electron chi connectivity index (χ2n) is 8.39. The Balaban J connectivity index is 0.00000193. The van der Waals surface area contributed by atoms with E-state index in [-0.39, 0.29) is 25.5 Å². The molecule has 1 heterocycles. The van der Waals surface area contributed by atoms with Gasteiger partial charge in [0.25, 0.3) is 0 Å². The SMILES string of the molecule is CC1(C)c2c(ccnc2-c2[c-]cc3ccccc3c2)-c2ccc3ccccc3c21.[Ir]. The average molecular weight is 563 g/mol. The van der Waals surface area contributed by atoms with Crippen LogP contribution >= 0.6 is 0 Å². The first-order valence-corrected chi connectivity index (χ1v) is 10.1. The molecule has 0 saturated heterocycles. The largest absolute Gasteiger partial charge is 0.304 e. The minimum absolute atomic E-state index is 0. The van der Waals surface area contributed by atoms with E-state index in [0.717, 1.165) is 11.3 Å². The van der Waals surface area contributed by atoms with Crippen LogP contribution in [0.3, 0.4) is 0 Å². The van der Waals surface area contributed by atoms with Crippen LogP contribution < -0.4 is 0 Å². The van der Waals surface area contributed by atoms with Gasteiger partial charge in [0.05, 0.1) is 0 Å². The Bertz CT molecular complexity index is 1430.